The van der Waals surface area contributed by atoms with Crippen molar-refractivity contribution in [3.63, 3.8) is 0 Å². The van der Waals surface area contributed by atoms with E-state index in [9.17, 15) is 0 Å². The van der Waals surface area contributed by atoms with Crippen LogP contribution in [0.1, 0.15) is 22.7 Å². The van der Waals surface area contributed by atoms with Gasteiger partial charge in [0.1, 0.15) is 18.7 Å². The second-order valence-corrected chi connectivity index (χ2v) is 5.30. The second kappa shape index (κ2) is 5.43. The molecule has 0 radical (unpaired) electrons. The Balaban J connectivity index is 1.93. The molecule has 0 saturated heterocycles. The molecule has 4 rings (SSSR count). The van der Waals surface area contributed by atoms with Crippen LogP contribution in [0.2, 0.25) is 0 Å². The quantitative estimate of drug-likeness (QED) is 0.631. The standard InChI is InChI=1S/C18H13N5/c19-10-13-4-6-14(7-5-13)18(23-12-20-11-22-23)16-2-1-3-17-15(16)8-9-21-17/h1-9,11-12,18,21H. The van der Waals surface area contributed by atoms with E-state index in [1.165, 1.54) is 6.33 Å². The monoisotopic (exact) mass is 299 g/mol. The number of nitrogens with zero attached hydrogens (tertiary/aromatic N) is 4. The molecule has 0 spiro atoms. The molecule has 0 aliphatic heterocycles. The summed E-state index contributed by atoms with van der Waals surface area (Å²) in [6.07, 6.45) is 5.19. The van der Waals surface area contributed by atoms with Gasteiger partial charge in [-0.05, 0) is 35.4 Å². The fourth-order valence-electron chi connectivity index (χ4n) is 2.91. The highest BCUT2D eigenvalue weighted by Crippen LogP contribution is 2.31. The summed E-state index contributed by atoms with van der Waals surface area (Å²) in [6, 6.07) is 17.9. The molecule has 0 bridgehead atoms. The number of hydrogen-bond donors (Lipinski definition) is 1. The Morgan fingerprint density at radius 2 is 1.96 bits per heavy atom. The van der Waals surface area contributed by atoms with Crippen LogP contribution in [0.25, 0.3) is 10.9 Å². The SMILES string of the molecule is N#Cc1ccc(C(c2cccc3[nH]ccc23)n2cncn2)cc1. The molecule has 0 aliphatic carbocycles. The van der Waals surface area contributed by atoms with Crippen molar-refractivity contribution in [1.82, 2.24) is 19.7 Å². The lowest BCUT2D eigenvalue weighted by Crippen LogP contribution is -2.13. The van der Waals surface area contributed by atoms with E-state index < -0.39 is 0 Å². The average Bonchev–Trinajstić information content (AvgIpc) is 3.27. The summed E-state index contributed by atoms with van der Waals surface area (Å²) >= 11 is 0. The molecule has 5 nitrogen and oxygen atoms in total. The smallest absolute Gasteiger partial charge is 0.137 e. The van der Waals surface area contributed by atoms with Crippen molar-refractivity contribution in [3.05, 3.63) is 84.1 Å². The van der Waals surface area contributed by atoms with Crippen molar-refractivity contribution < 1.29 is 0 Å². The average molecular weight is 299 g/mol. The number of aromatic amines is 1. The maximum Gasteiger partial charge on any atom is 0.137 e. The molecular weight excluding hydrogens is 286 g/mol. The number of aromatic nitrogens is 4. The first-order valence-corrected chi connectivity index (χ1v) is 7.27. The molecule has 110 valence electrons. The van der Waals surface area contributed by atoms with Crippen molar-refractivity contribution in [1.29, 1.82) is 5.26 Å². The number of fused-ring (bicyclic) bond motifs is 1. The molecule has 1 atom stereocenters. The Hall–Kier alpha value is -3.39. The zero-order valence-corrected chi connectivity index (χ0v) is 12.2. The topological polar surface area (TPSA) is 70.3 Å². The minimum atomic E-state index is -0.0928. The predicted octanol–water partition coefficient (Wildman–Crippen LogP) is 3.27. The number of nitrogens with one attached hydrogen (secondary N) is 1. The first-order chi connectivity index (χ1) is 11.4. The summed E-state index contributed by atoms with van der Waals surface area (Å²) in [6.45, 7) is 0. The van der Waals surface area contributed by atoms with Crippen molar-refractivity contribution >= 4 is 10.9 Å². The molecule has 2 heterocycles. The second-order valence-electron chi connectivity index (χ2n) is 5.30. The van der Waals surface area contributed by atoms with Crippen molar-refractivity contribution in [3.8, 4) is 6.07 Å². The Morgan fingerprint density at radius 1 is 1.09 bits per heavy atom. The van der Waals surface area contributed by atoms with Gasteiger partial charge in [0.15, 0.2) is 0 Å². The third-order valence-corrected chi connectivity index (χ3v) is 3.98. The predicted molar refractivity (Wildman–Crippen MR) is 86.7 cm³/mol. The summed E-state index contributed by atoms with van der Waals surface area (Å²) < 4.78 is 1.84. The molecule has 5 heteroatoms. The fourth-order valence-corrected chi connectivity index (χ4v) is 2.91. The minimum absolute atomic E-state index is 0.0928. The molecule has 4 aromatic rings. The van der Waals surface area contributed by atoms with Crippen LogP contribution in [0, 0.1) is 11.3 Å². The van der Waals surface area contributed by atoms with Gasteiger partial charge in [-0.3, -0.25) is 0 Å². The van der Waals surface area contributed by atoms with Crippen molar-refractivity contribution in [2.45, 2.75) is 6.04 Å². The Bertz CT molecular complexity index is 974. The molecule has 1 unspecified atom stereocenters. The number of benzene rings is 2. The molecule has 0 amide bonds. The van der Waals surface area contributed by atoms with E-state index in [1.54, 1.807) is 6.33 Å². The van der Waals surface area contributed by atoms with Crippen LogP contribution >= 0.6 is 0 Å². The summed E-state index contributed by atoms with van der Waals surface area (Å²) in [7, 11) is 0. The van der Waals surface area contributed by atoms with Crippen LogP contribution in [0.3, 0.4) is 0 Å². The largest absolute Gasteiger partial charge is 0.361 e. The van der Waals surface area contributed by atoms with Crippen LogP contribution in [0.15, 0.2) is 67.4 Å². The van der Waals surface area contributed by atoms with Gasteiger partial charge in [-0.2, -0.15) is 10.4 Å². The third-order valence-electron chi connectivity index (χ3n) is 3.98. The van der Waals surface area contributed by atoms with E-state index in [0.29, 0.717) is 5.56 Å². The van der Waals surface area contributed by atoms with Gasteiger partial charge in [0.25, 0.3) is 0 Å². The maximum atomic E-state index is 9.00. The highest BCUT2D eigenvalue weighted by Gasteiger charge is 2.19. The van der Waals surface area contributed by atoms with Crippen LogP contribution in [-0.4, -0.2) is 19.7 Å². The van der Waals surface area contributed by atoms with Gasteiger partial charge in [0.2, 0.25) is 0 Å². The van der Waals surface area contributed by atoms with E-state index in [0.717, 1.165) is 22.0 Å². The van der Waals surface area contributed by atoms with Gasteiger partial charge in [0, 0.05) is 17.1 Å². The van der Waals surface area contributed by atoms with E-state index in [4.69, 9.17) is 5.26 Å². The van der Waals surface area contributed by atoms with Crippen molar-refractivity contribution in [2.24, 2.45) is 0 Å². The van der Waals surface area contributed by atoms with Gasteiger partial charge in [-0.25, -0.2) is 9.67 Å². The van der Waals surface area contributed by atoms with Crippen LogP contribution in [0.5, 0.6) is 0 Å². The number of nitriles is 1. The molecule has 0 fully saturated rings. The first kappa shape index (κ1) is 13.3. The highest BCUT2D eigenvalue weighted by molar-refractivity contribution is 5.83. The third kappa shape index (κ3) is 2.27. The van der Waals surface area contributed by atoms with Gasteiger partial charge >= 0.3 is 0 Å². The van der Waals surface area contributed by atoms with Crippen LogP contribution < -0.4 is 0 Å². The fraction of sp³-hybridized carbons (Fsp3) is 0.0556. The zero-order chi connectivity index (χ0) is 15.6. The zero-order valence-electron chi connectivity index (χ0n) is 12.2. The lowest BCUT2D eigenvalue weighted by atomic mass is 9.95. The number of hydrogen-bond acceptors (Lipinski definition) is 3. The van der Waals surface area contributed by atoms with Gasteiger partial charge < -0.3 is 4.98 Å². The summed E-state index contributed by atoms with van der Waals surface area (Å²) in [4.78, 5) is 7.33. The van der Waals surface area contributed by atoms with Gasteiger partial charge in [-0.1, -0.05) is 24.3 Å². The summed E-state index contributed by atoms with van der Waals surface area (Å²) in [5.74, 6) is 0. The lowest BCUT2D eigenvalue weighted by molar-refractivity contribution is 0.597. The molecule has 2 aromatic heterocycles. The van der Waals surface area contributed by atoms with Crippen LogP contribution in [-0.2, 0) is 0 Å². The molecular formula is C18H13N5. The lowest BCUT2D eigenvalue weighted by Gasteiger charge is -2.19. The van der Waals surface area contributed by atoms with E-state index in [2.05, 4.69) is 39.3 Å². The Morgan fingerprint density at radius 3 is 2.70 bits per heavy atom. The molecule has 0 saturated carbocycles. The molecule has 2 aromatic carbocycles. The first-order valence-electron chi connectivity index (χ1n) is 7.27. The Kier molecular flexibility index (Phi) is 3.13. The number of rotatable bonds is 3. The van der Waals surface area contributed by atoms with E-state index >= 15 is 0 Å². The van der Waals surface area contributed by atoms with E-state index in [1.807, 2.05) is 41.2 Å². The summed E-state index contributed by atoms with van der Waals surface area (Å²) in [5.41, 5.74) is 3.93. The maximum absolute atomic E-state index is 9.00. The van der Waals surface area contributed by atoms with Crippen LogP contribution in [0.4, 0.5) is 0 Å². The molecule has 0 aliphatic rings. The molecule has 23 heavy (non-hydrogen) atoms. The Labute approximate surface area is 132 Å². The highest BCUT2D eigenvalue weighted by atomic mass is 15.3. The van der Waals surface area contributed by atoms with Gasteiger partial charge in [-0.15, -0.1) is 0 Å². The molecule has 1 N–H and O–H groups in total. The minimum Gasteiger partial charge on any atom is -0.361 e. The van der Waals surface area contributed by atoms with Gasteiger partial charge in [0.05, 0.1) is 11.6 Å². The summed E-state index contributed by atoms with van der Waals surface area (Å²) in [5, 5.41) is 14.5. The normalized spacial score (nSPS) is 12.1. The van der Waals surface area contributed by atoms with Crippen molar-refractivity contribution in [2.75, 3.05) is 0 Å². The van der Waals surface area contributed by atoms with E-state index in [-0.39, 0.29) is 6.04 Å². The number of H-pyrrole nitrogens is 1.